The van der Waals surface area contributed by atoms with Gasteiger partial charge in [0.1, 0.15) is 0 Å². The molecule has 1 N–H and O–H groups in total. The van der Waals surface area contributed by atoms with Crippen LogP contribution in [0.25, 0.3) is 0 Å². The minimum absolute atomic E-state index is 0. The highest BCUT2D eigenvalue weighted by Crippen LogP contribution is 2.15. The third kappa shape index (κ3) is 11.5. The summed E-state index contributed by atoms with van der Waals surface area (Å²) in [5.41, 5.74) is 0. The van der Waals surface area contributed by atoms with Crippen LogP contribution in [0, 0.1) is 5.92 Å². The Bertz CT molecular complexity index is 601. The van der Waals surface area contributed by atoms with Gasteiger partial charge in [0.25, 0.3) is 0 Å². The molecule has 1 aliphatic rings. The zero-order valence-electron chi connectivity index (χ0n) is 15.4. The Morgan fingerprint density at radius 2 is 1.68 bits per heavy atom. The van der Waals surface area contributed by atoms with E-state index in [0.29, 0.717) is 6.54 Å². The fraction of sp³-hybridized carbons (Fsp3) is 0.526. The summed E-state index contributed by atoms with van der Waals surface area (Å²) in [5, 5.41) is 3.90. The summed E-state index contributed by atoms with van der Waals surface area (Å²) in [5.74, 6) is 0.691. The summed E-state index contributed by atoms with van der Waals surface area (Å²) in [6.45, 7) is 6.31. The van der Waals surface area contributed by atoms with Gasteiger partial charge in [-0.2, -0.15) is 0 Å². The van der Waals surface area contributed by atoms with E-state index in [9.17, 15) is 13.2 Å². The predicted octanol–water partition coefficient (Wildman–Crippen LogP) is 2.71. The standard InChI is InChI=1S/C13H24N2O3S.C6H6.H2/c1-11-4-7-15(8-5-11)10-13(16)14-12(2)6-9-19(3,17)18;1-2-4-6-5-3-1;/h6,9,11-12H,4-5,7-8,10H2,1-3H3,(H,14,16);1-6H;1H/b9-6-;;/t12-;;/m1../s1. The quantitative estimate of drug-likeness (QED) is 0.868. The average Bonchev–Trinajstić information content (AvgIpc) is 2.57. The van der Waals surface area contributed by atoms with Crippen LogP contribution in [0.15, 0.2) is 47.9 Å². The first-order chi connectivity index (χ1) is 11.8. The Balaban J connectivity index is 0.000000754. The number of sulfone groups is 1. The molecule has 1 aromatic carbocycles. The summed E-state index contributed by atoms with van der Waals surface area (Å²) in [7, 11) is -3.13. The first kappa shape index (κ1) is 21.4. The summed E-state index contributed by atoms with van der Waals surface area (Å²) in [6, 6.07) is 11.7. The van der Waals surface area contributed by atoms with E-state index < -0.39 is 9.84 Å². The van der Waals surface area contributed by atoms with Crippen LogP contribution in [0.2, 0.25) is 0 Å². The molecule has 1 aromatic rings. The Morgan fingerprint density at radius 3 is 2.12 bits per heavy atom. The van der Waals surface area contributed by atoms with Crippen molar-refractivity contribution in [2.75, 3.05) is 25.9 Å². The molecule has 2 rings (SSSR count). The molecule has 0 aliphatic carbocycles. The molecule has 6 heteroatoms. The number of nitrogens with one attached hydrogen (secondary N) is 1. The molecule has 1 saturated heterocycles. The molecule has 0 radical (unpaired) electrons. The summed E-state index contributed by atoms with van der Waals surface area (Å²) in [4.78, 5) is 13.9. The smallest absolute Gasteiger partial charge is 0.234 e. The van der Waals surface area contributed by atoms with E-state index >= 15 is 0 Å². The molecule has 1 fully saturated rings. The topological polar surface area (TPSA) is 66.5 Å². The second-order valence-corrected chi connectivity index (χ2v) is 8.56. The highest BCUT2D eigenvalue weighted by Gasteiger charge is 2.18. The van der Waals surface area contributed by atoms with Crippen LogP contribution in [0.4, 0.5) is 0 Å². The number of hydrogen-bond donors (Lipinski definition) is 1. The summed E-state index contributed by atoms with van der Waals surface area (Å²) < 4.78 is 21.9. The van der Waals surface area contributed by atoms with E-state index in [4.69, 9.17) is 0 Å². The Kier molecular flexibility index (Phi) is 9.45. The largest absolute Gasteiger partial charge is 0.349 e. The average molecular weight is 369 g/mol. The van der Waals surface area contributed by atoms with Gasteiger partial charge >= 0.3 is 0 Å². The summed E-state index contributed by atoms with van der Waals surface area (Å²) in [6.07, 6.45) is 4.89. The van der Waals surface area contributed by atoms with Gasteiger partial charge in [0, 0.05) is 19.1 Å². The highest BCUT2D eigenvalue weighted by molar-refractivity contribution is 7.93. The van der Waals surface area contributed by atoms with Crippen LogP contribution < -0.4 is 5.32 Å². The van der Waals surface area contributed by atoms with Crippen LogP contribution in [0.1, 0.15) is 28.1 Å². The zero-order valence-corrected chi connectivity index (χ0v) is 16.2. The van der Waals surface area contributed by atoms with E-state index in [-0.39, 0.29) is 13.4 Å². The lowest BCUT2D eigenvalue weighted by atomic mass is 9.99. The van der Waals surface area contributed by atoms with Crippen molar-refractivity contribution in [2.45, 2.75) is 32.7 Å². The Morgan fingerprint density at radius 1 is 1.20 bits per heavy atom. The minimum Gasteiger partial charge on any atom is -0.349 e. The number of rotatable bonds is 5. The van der Waals surface area contributed by atoms with Crippen molar-refractivity contribution in [1.82, 2.24) is 10.2 Å². The molecule has 1 heterocycles. The lowest BCUT2D eigenvalue weighted by Crippen LogP contribution is -2.43. The third-order valence-electron chi connectivity index (χ3n) is 3.91. The Labute approximate surface area is 153 Å². The van der Waals surface area contributed by atoms with Gasteiger partial charge in [0.2, 0.25) is 5.91 Å². The Hall–Kier alpha value is -1.66. The molecule has 0 spiro atoms. The first-order valence-electron chi connectivity index (χ1n) is 8.66. The molecule has 1 aliphatic heterocycles. The molecular formula is C19H32N2O3S. The first-order valence-corrected chi connectivity index (χ1v) is 10.6. The number of carbonyl (C=O) groups excluding carboxylic acids is 1. The van der Waals surface area contributed by atoms with E-state index in [2.05, 4.69) is 17.1 Å². The summed E-state index contributed by atoms with van der Waals surface area (Å²) >= 11 is 0. The second-order valence-electron chi connectivity index (χ2n) is 6.63. The van der Waals surface area contributed by atoms with Gasteiger partial charge in [0.15, 0.2) is 9.84 Å². The van der Waals surface area contributed by atoms with E-state index in [1.807, 2.05) is 36.4 Å². The molecule has 142 valence electrons. The molecule has 0 aromatic heterocycles. The van der Waals surface area contributed by atoms with Gasteiger partial charge in [0.05, 0.1) is 6.54 Å². The minimum atomic E-state index is -3.13. The van der Waals surface area contributed by atoms with Gasteiger partial charge in [-0.25, -0.2) is 8.42 Å². The predicted molar refractivity (Wildman–Crippen MR) is 105 cm³/mol. The highest BCUT2D eigenvalue weighted by atomic mass is 32.2. The molecule has 1 atom stereocenters. The van der Waals surface area contributed by atoms with Crippen molar-refractivity contribution in [3.05, 3.63) is 47.9 Å². The number of nitrogens with zero attached hydrogens (tertiary/aromatic N) is 1. The normalized spacial score (nSPS) is 17.6. The molecule has 1 amide bonds. The molecule has 0 unspecified atom stereocenters. The molecule has 0 saturated carbocycles. The number of likely N-dealkylation sites (tertiary alicyclic amines) is 1. The fourth-order valence-electron chi connectivity index (χ4n) is 2.42. The van der Waals surface area contributed by atoms with E-state index in [1.165, 1.54) is 6.08 Å². The van der Waals surface area contributed by atoms with Crippen LogP contribution in [-0.2, 0) is 14.6 Å². The lowest BCUT2D eigenvalue weighted by Gasteiger charge is -2.29. The number of piperidine rings is 1. The molecule has 5 nitrogen and oxygen atoms in total. The number of carbonyl (C=O) groups is 1. The van der Waals surface area contributed by atoms with Crippen LogP contribution in [0.3, 0.4) is 0 Å². The van der Waals surface area contributed by atoms with Crippen molar-refractivity contribution in [2.24, 2.45) is 5.92 Å². The van der Waals surface area contributed by atoms with Gasteiger partial charge in [-0.1, -0.05) is 49.4 Å². The third-order valence-corrected chi connectivity index (χ3v) is 4.56. The van der Waals surface area contributed by atoms with E-state index in [1.54, 1.807) is 6.92 Å². The van der Waals surface area contributed by atoms with Crippen molar-refractivity contribution >= 4 is 15.7 Å². The fourth-order valence-corrected chi connectivity index (χ4v) is 2.94. The zero-order chi connectivity index (χ0) is 18.7. The van der Waals surface area contributed by atoms with Crippen molar-refractivity contribution in [1.29, 1.82) is 0 Å². The molecule has 25 heavy (non-hydrogen) atoms. The lowest BCUT2D eigenvalue weighted by molar-refractivity contribution is -0.122. The van der Waals surface area contributed by atoms with Crippen molar-refractivity contribution in [3.63, 3.8) is 0 Å². The molecular weight excluding hydrogens is 336 g/mol. The maximum Gasteiger partial charge on any atom is 0.234 e. The van der Waals surface area contributed by atoms with Gasteiger partial charge in [-0.05, 0) is 38.8 Å². The molecule has 0 bridgehead atoms. The van der Waals surface area contributed by atoms with Gasteiger partial charge in [-0.15, -0.1) is 0 Å². The van der Waals surface area contributed by atoms with Crippen LogP contribution in [0.5, 0.6) is 0 Å². The van der Waals surface area contributed by atoms with E-state index in [0.717, 1.165) is 43.5 Å². The van der Waals surface area contributed by atoms with Crippen LogP contribution in [-0.4, -0.2) is 51.2 Å². The maximum absolute atomic E-state index is 11.8. The van der Waals surface area contributed by atoms with Gasteiger partial charge < -0.3 is 5.32 Å². The number of hydrogen-bond acceptors (Lipinski definition) is 4. The monoisotopic (exact) mass is 368 g/mol. The number of benzene rings is 1. The SMILES string of the molecule is CC1CCN(CC(=O)N[C@H](C)/C=C\S(C)(=O)=O)CC1.[HH].c1ccccc1. The van der Waals surface area contributed by atoms with Crippen molar-refractivity contribution < 1.29 is 14.6 Å². The maximum atomic E-state index is 11.8. The van der Waals surface area contributed by atoms with Crippen LogP contribution >= 0.6 is 0 Å². The second kappa shape index (κ2) is 11.1. The number of amides is 1. The van der Waals surface area contributed by atoms with Gasteiger partial charge in [-0.3, -0.25) is 9.69 Å². The van der Waals surface area contributed by atoms with Crippen molar-refractivity contribution in [3.8, 4) is 0 Å².